The normalized spacial score (nSPS) is 23.9. The smallest absolute Gasteiger partial charge is 0.389 e. The van der Waals surface area contributed by atoms with Crippen LogP contribution in [0.2, 0.25) is 0 Å². The molecule has 2 N–H and O–H groups in total. The second-order valence-electron chi connectivity index (χ2n) is 4.04. The van der Waals surface area contributed by atoms with Gasteiger partial charge < -0.3 is 15.2 Å². The molecule has 18 heavy (non-hydrogen) atoms. The van der Waals surface area contributed by atoms with Crippen LogP contribution in [-0.2, 0) is 14.3 Å². The van der Waals surface area contributed by atoms with Crippen molar-refractivity contribution in [1.82, 2.24) is 5.32 Å². The molecule has 0 aromatic carbocycles. The van der Waals surface area contributed by atoms with Crippen LogP contribution in [0.3, 0.4) is 0 Å². The van der Waals surface area contributed by atoms with Crippen LogP contribution in [-0.4, -0.2) is 41.9 Å². The SMILES string of the molecule is O=C(NCCCC(F)(F)F)[C@@H]1CC[C@H](C(=O)O)O1. The average molecular weight is 269 g/mol. The number of hydrogen-bond donors (Lipinski definition) is 2. The van der Waals surface area contributed by atoms with E-state index in [1.54, 1.807) is 0 Å². The first kappa shape index (κ1) is 14.7. The Morgan fingerprint density at radius 1 is 1.28 bits per heavy atom. The van der Waals surface area contributed by atoms with Crippen molar-refractivity contribution in [3.63, 3.8) is 0 Å². The van der Waals surface area contributed by atoms with Gasteiger partial charge in [0.1, 0.15) is 6.10 Å². The molecule has 1 saturated heterocycles. The zero-order chi connectivity index (χ0) is 13.8. The molecule has 0 unspecified atom stereocenters. The highest BCUT2D eigenvalue weighted by molar-refractivity contribution is 5.82. The van der Waals surface area contributed by atoms with Gasteiger partial charge in [0.05, 0.1) is 0 Å². The third kappa shape index (κ3) is 4.91. The van der Waals surface area contributed by atoms with Gasteiger partial charge in [-0.25, -0.2) is 4.79 Å². The van der Waals surface area contributed by atoms with Gasteiger partial charge in [0.2, 0.25) is 5.91 Å². The molecule has 0 saturated carbocycles. The van der Waals surface area contributed by atoms with E-state index in [1.807, 2.05) is 0 Å². The summed E-state index contributed by atoms with van der Waals surface area (Å²) in [6.07, 6.45) is -6.78. The molecule has 0 spiro atoms. The van der Waals surface area contributed by atoms with Gasteiger partial charge in [-0.1, -0.05) is 0 Å². The predicted molar refractivity (Wildman–Crippen MR) is 53.8 cm³/mol. The Hall–Kier alpha value is -1.31. The predicted octanol–water partition coefficient (Wildman–Crippen LogP) is 1.08. The van der Waals surface area contributed by atoms with Gasteiger partial charge >= 0.3 is 12.1 Å². The Balaban J connectivity index is 2.20. The van der Waals surface area contributed by atoms with E-state index in [0.717, 1.165) is 0 Å². The monoisotopic (exact) mass is 269 g/mol. The first-order valence-corrected chi connectivity index (χ1v) is 5.52. The topological polar surface area (TPSA) is 75.6 Å². The fourth-order valence-electron chi connectivity index (χ4n) is 1.63. The zero-order valence-corrected chi connectivity index (χ0v) is 9.50. The fourth-order valence-corrected chi connectivity index (χ4v) is 1.63. The van der Waals surface area contributed by atoms with Crippen molar-refractivity contribution in [3.8, 4) is 0 Å². The molecule has 1 fully saturated rings. The average Bonchev–Trinajstić information content (AvgIpc) is 2.72. The van der Waals surface area contributed by atoms with Crippen LogP contribution in [0.4, 0.5) is 13.2 Å². The molecule has 1 rings (SSSR count). The first-order chi connectivity index (χ1) is 8.29. The molecule has 0 radical (unpaired) electrons. The minimum Gasteiger partial charge on any atom is -0.479 e. The van der Waals surface area contributed by atoms with E-state index in [9.17, 15) is 22.8 Å². The molecule has 8 heteroatoms. The number of carbonyl (C=O) groups is 2. The zero-order valence-electron chi connectivity index (χ0n) is 9.50. The largest absolute Gasteiger partial charge is 0.479 e. The second kappa shape index (κ2) is 6.03. The van der Waals surface area contributed by atoms with Gasteiger partial charge in [0.15, 0.2) is 6.10 Å². The number of halogens is 3. The van der Waals surface area contributed by atoms with E-state index in [0.29, 0.717) is 0 Å². The Kier molecular flexibility index (Phi) is 4.94. The Morgan fingerprint density at radius 3 is 2.39 bits per heavy atom. The number of hydrogen-bond acceptors (Lipinski definition) is 3. The number of aliphatic carboxylic acids is 1. The highest BCUT2D eigenvalue weighted by atomic mass is 19.4. The molecule has 0 aromatic heterocycles. The number of rotatable bonds is 5. The summed E-state index contributed by atoms with van der Waals surface area (Å²) in [4.78, 5) is 22.0. The summed E-state index contributed by atoms with van der Waals surface area (Å²) in [5.41, 5.74) is 0. The summed E-state index contributed by atoms with van der Waals surface area (Å²) in [6.45, 7) is -0.101. The first-order valence-electron chi connectivity index (χ1n) is 5.52. The maximum absolute atomic E-state index is 11.8. The third-order valence-corrected chi connectivity index (χ3v) is 2.52. The van der Waals surface area contributed by atoms with Gasteiger partial charge in [0, 0.05) is 13.0 Å². The molecule has 0 bridgehead atoms. The van der Waals surface area contributed by atoms with Crippen molar-refractivity contribution < 1.29 is 32.6 Å². The molecular formula is C10H14F3NO4. The van der Waals surface area contributed by atoms with Gasteiger partial charge in [0.25, 0.3) is 0 Å². The Labute approximate surface area is 101 Å². The number of carboxylic acids is 1. The van der Waals surface area contributed by atoms with Gasteiger partial charge in [-0.05, 0) is 19.3 Å². The maximum atomic E-state index is 11.8. The van der Waals surface area contributed by atoms with Crippen molar-refractivity contribution in [2.45, 2.75) is 44.1 Å². The van der Waals surface area contributed by atoms with Crippen LogP contribution in [0.25, 0.3) is 0 Å². The number of nitrogens with one attached hydrogen (secondary N) is 1. The summed E-state index contributed by atoms with van der Waals surface area (Å²) in [5, 5.41) is 10.9. The van der Waals surface area contributed by atoms with Crippen molar-refractivity contribution >= 4 is 11.9 Å². The minimum absolute atomic E-state index is 0.101. The van der Waals surface area contributed by atoms with Crippen LogP contribution in [0.5, 0.6) is 0 Å². The molecule has 5 nitrogen and oxygen atoms in total. The van der Waals surface area contributed by atoms with Crippen LogP contribution in [0, 0.1) is 0 Å². The summed E-state index contributed by atoms with van der Waals surface area (Å²) in [7, 11) is 0. The molecule has 1 aliphatic heterocycles. The maximum Gasteiger partial charge on any atom is 0.389 e. The third-order valence-electron chi connectivity index (χ3n) is 2.52. The van der Waals surface area contributed by atoms with Crippen molar-refractivity contribution in [1.29, 1.82) is 0 Å². The molecule has 1 heterocycles. The van der Waals surface area contributed by atoms with Gasteiger partial charge in [-0.3, -0.25) is 4.79 Å². The molecule has 0 aromatic rings. The summed E-state index contributed by atoms with van der Waals surface area (Å²) < 4.78 is 40.4. The number of ether oxygens (including phenoxy) is 1. The molecule has 1 aliphatic rings. The lowest BCUT2D eigenvalue weighted by Gasteiger charge is -2.12. The molecule has 0 aliphatic carbocycles. The number of alkyl halides is 3. The van der Waals surface area contributed by atoms with E-state index in [4.69, 9.17) is 9.84 Å². The van der Waals surface area contributed by atoms with Crippen LogP contribution in [0.1, 0.15) is 25.7 Å². The van der Waals surface area contributed by atoms with Gasteiger partial charge in [-0.15, -0.1) is 0 Å². The summed E-state index contributed by atoms with van der Waals surface area (Å²) in [6, 6.07) is 0. The van der Waals surface area contributed by atoms with E-state index >= 15 is 0 Å². The Morgan fingerprint density at radius 2 is 1.89 bits per heavy atom. The highest BCUT2D eigenvalue weighted by Crippen LogP contribution is 2.21. The molecule has 2 atom stereocenters. The minimum atomic E-state index is -4.23. The molecule has 104 valence electrons. The second-order valence-corrected chi connectivity index (χ2v) is 4.04. The van der Waals surface area contributed by atoms with Crippen molar-refractivity contribution in [3.05, 3.63) is 0 Å². The quantitative estimate of drug-likeness (QED) is 0.732. The highest BCUT2D eigenvalue weighted by Gasteiger charge is 2.34. The van der Waals surface area contributed by atoms with E-state index in [-0.39, 0.29) is 25.8 Å². The lowest BCUT2D eigenvalue weighted by Crippen LogP contribution is -2.36. The van der Waals surface area contributed by atoms with Crippen molar-refractivity contribution in [2.24, 2.45) is 0 Å². The lowest BCUT2D eigenvalue weighted by atomic mass is 10.2. The van der Waals surface area contributed by atoms with Crippen LogP contribution < -0.4 is 5.32 Å². The number of amides is 1. The van der Waals surface area contributed by atoms with Crippen LogP contribution in [0.15, 0.2) is 0 Å². The van der Waals surface area contributed by atoms with Crippen molar-refractivity contribution in [2.75, 3.05) is 6.54 Å². The Bertz CT molecular complexity index is 319. The number of carbonyl (C=O) groups excluding carboxylic acids is 1. The summed E-state index contributed by atoms with van der Waals surface area (Å²) in [5.74, 6) is -1.69. The number of carboxylic acid groups (broad SMARTS) is 1. The summed E-state index contributed by atoms with van der Waals surface area (Å²) >= 11 is 0. The lowest BCUT2D eigenvalue weighted by molar-refractivity contribution is -0.152. The van der Waals surface area contributed by atoms with Gasteiger partial charge in [-0.2, -0.15) is 13.2 Å². The van der Waals surface area contributed by atoms with E-state index < -0.39 is 36.7 Å². The van der Waals surface area contributed by atoms with E-state index in [2.05, 4.69) is 5.32 Å². The standard InChI is InChI=1S/C10H14F3NO4/c11-10(12,13)4-1-5-14-8(15)6-2-3-7(18-6)9(16)17/h6-7H,1-5H2,(H,14,15)(H,16,17)/t6-,7+/m0/s1. The fraction of sp³-hybridized carbons (Fsp3) is 0.800. The molecule has 1 amide bonds. The van der Waals surface area contributed by atoms with E-state index in [1.165, 1.54) is 0 Å². The van der Waals surface area contributed by atoms with Crippen LogP contribution >= 0.6 is 0 Å². The molecular weight excluding hydrogens is 255 g/mol.